The summed E-state index contributed by atoms with van der Waals surface area (Å²) in [6.07, 6.45) is 6.47. The van der Waals surface area contributed by atoms with Gasteiger partial charge in [-0.2, -0.15) is 0 Å². The zero-order chi connectivity index (χ0) is 89.0. The molecule has 24 N–H and O–H groups in total. The number of carboxylic acids is 2. The number of fused-ring (bicyclic) bond motifs is 4. The van der Waals surface area contributed by atoms with Crippen molar-refractivity contribution in [1.29, 1.82) is 0 Å². The fraction of sp³-hybridized carbons (Fsp3) is 0.322. The van der Waals surface area contributed by atoms with Crippen LogP contribution in [0, 0.1) is 5.92 Å². The smallest absolute Gasteiger partial charge is 0.339 e. The van der Waals surface area contributed by atoms with Gasteiger partial charge >= 0.3 is 11.9 Å². The molecule has 0 aliphatic carbocycles. The van der Waals surface area contributed by atoms with E-state index in [9.17, 15) is 83.4 Å². The molecule has 12 rings (SSSR count). The Labute approximate surface area is 708 Å². The Bertz CT molecular complexity index is 5570. The van der Waals surface area contributed by atoms with Crippen molar-refractivity contribution in [2.75, 3.05) is 26.2 Å². The summed E-state index contributed by atoms with van der Waals surface area (Å²) in [6.45, 7) is 2.33. The highest BCUT2D eigenvalue weighted by molar-refractivity contribution is 6.04. The number of amides is 11. The van der Waals surface area contributed by atoms with Crippen molar-refractivity contribution in [1.82, 2.24) is 72.7 Å². The number of hydrogen-bond donors (Lipinski definition) is 21. The number of aromatic carboxylic acids is 2. The van der Waals surface area contributed by atoms with Crippen LogP contribution in [-0.4, -0.2) is 219 Å². The lowest BCUT2D eigenvalue weighted by Gasteiger charge is -2.30. The van der Waals surface area contributed by atoms with E-state index in [2.05, 4.69) is 72.8 Å². The van der Waals surface area contributed by atoms with E-state index >= 15 is 9.59 Å². The van der Waals surface area contributed by atoms with Crippen molar-refractivity contribution in [3.63, 3.8) is 0 Å². The minimum Gasteiger partial charge on any atom is -0.508 e. The number of para-hydroxylation sites is 2. The van der Waals surface area contributed by atoms with Crippen LogP contribution in [0.1, 0.15) is 113 Å². The number of aliphatic hydroxyl groups is 1. The molecule has 10 aromatic rings. The number of primary amides is 1. The van der Waals surface area contributed by atoms with Gasteiger partial charge in [0.2, 0.25) is 65.0 Å². The normalized spacial score (nSPS) is 15.3. The predicted molar refractivity (Wildman–Crippen MR) is 454 cm³/mol. The molecule has 0 bridgehead atoms. The molecule has 0 saturated carbocycles. The molecule has 2 saturated heterocycles. The van der Waals surface area contributed by atoms with Crippen molar-refractivity contribution in [3.05, 3.63) is 203 Å². The molecule has 11 amide bonds. The van der Waals surface area contributed by atoms with Crippen LogP contribution in [0.3, 0.4) is 0 Å². The molecule has 9 atom stereocenters. The molecule has 0 unspecified atom stereocenters. The van der Waals surface area contributed by atoms with E-state index in [0.717, 1.165) is 0 Å². The van der Waals surface area contributed by atoms with Gasteiger partial charge in [0.25, 0.3) is 0 Å². The highest BCUT2D eigenvalue weighted by Gasteiger charge is 2.41. The number of aliphatic imine (C=N–C) groups is 1. The van der Waals surface area contributed by atoms with Crippen LogP contribution in [-0.2, 0) is 84.8 Å². The van der Waals surface area contributed by atoms with E-state index in [1.165, 1.54) is 53.8 Å². The van der Waals surface area contributed by atoms with Crippen LogP contribution in [0.15, 0.2) is 163 Å². The van der Waals surface area contributed by atoms with Crippen LogP contribution in [0.25, 0.3) is 43.4 Å². The van der Waals surface area contributed by atoms with Crippen molar-refractivity contribution in [2.45, 2.75) is 145 Å². The first-order valence-electron chi connectivity index (χ1n) is 40.2. The molecule has 0 radical (unpaired) electrons. The average Bonchev–Trinajstić information content (AvgIpc) is 1.20. The second-order valence-corrected chi connectivity index (χ2v) is 30.7. The molecular formula is C87H98N18O19. The molecule has 2 fully saturated rings. The molecular weight excluding hydrogens is 1600 g/mol. The summed E-state index contributed by atoms with van der Waals surface area (Å²) in [7, 11) is 0. The van der Waals surface area contributed by atoms with Gasteiger partial charge in [-0.15, -0.1) is 0 Å². The van der Waals surface area contributed by atoms with E-state index in [-0.39, 0.29) is 118 Å². The molecule has 0 spiro atoms. The van der Waals surface area contributed by atoms with Gasteiger partial charge in [0, 0.05) is 109 Å². The van der Waals surface area contributed by atoms with Gasteiger partial charge in [-0.05, 0) is 119 Å². The Balaban J connectivity index is 0.000000430. The van der Waals surface area contributed by atoms with Gasteiger partial charge < -0.3 is 116 Å². The number of aromatic amines is 3. The number of aromatic nitrogens is 4. The molecule has 37 heteroatoms. The van der Waals surface area contributed by atoms with Crippen LogP contribution in [0.5, 0.6) is 17.2 Å². The van der Waals surface area contributed by atoms with E-state index in [1.807, 2.05) is 0 Å². The van der Waals surface area contributed by atoms with Crippen LogP contribution < -0.4 is 65.1 Å². The Kier molecular flexibility index (Phi) is 30.0. The van der Waals surface area contributed by atoms with Crippen molar-refractivity contribution < 1.29 is 93.0 Å². The molecule has 37 nitrogen and oxygen atoms in total. The molecule has 5 heterocycles. The third-order valence-electron chi connectivity index (χ3n) is 21.5. The number of rotatable bonds is 37. The van der Waals surface area contributed by atoms with Gasteiger partial charge in [0.1, 0.15) is 82.8 Å². The number of carbonyl (C=O) groups is 13. The number of phenolic OH excluding ortho intramolecular Hbond substituents is 1. The third kappa shape index (κ3) is 23.0. The molecule has 124 heavy (non-hydrogen) atoms. The molecule has 2 aliphatic rings. The summed E-state index contributed by atoms with van der Waals surface area (Å²) in [4.78, 5) is 195. The minimum absolute atomic E-state index is 0.00905. The van der Waals surface area contributed by atoms with Gasteiger partial charge in [0.05, 0.1) is 19.5 Å². The highest BCUT2D eigenvalue weighted by atomic mass is 16.4. The number of aromatic hydroxyl groups is 3. The van der Waals surface area contributed by atoms with Crippen LogP contribution in [0.4, 0.5) is 0 Å². The zero-order valence-corrected chi connectivity index (χ0v) is 67.7. The standard InChI is InChI=1S/C64H82N18O13.C23H16O6/c1-34(2)23-46(56(88)75-45(13-7-21-69-64(66)67)63(95)82-22-8-14-52(82)62(94)72-31-53(65)85)76-58(90)48(25-36-28-70-42-11-5-3-9-40(36)42)78-57(89)47(24-35-15-17-39(84)18-16-35)77-61(93)51(32-83)81-59(91)49(26-37-29-71-43-12-6-4-10-41(37)43)79-60(92)50(27-38-30-68-33-73-38)80-55(87)44-19-20-54(86)74-44;24-20-16(14-7-3-1-5-12(14)9-18(20)22(26)27)11-17-15-8-4-2-6-13(15)10-19(21(17)25)23(28)29/h3-6,9-12,15-18,28-30,33-34,44-52,70-71,83-84H,7-8,13-14,19-27,31-32H2,1-2H3,(H2,65,85)(H,68,73)(H,72,94)(H,74,86)(H,75,88)(H,76,90)(H,77,93)(H,78,89)(H,79,92)(H,80,87)(H,81,91)(H4,66,67,69);1-10,24-25H,11H2,(H,26,27)(H,28,29)/t44-,45-,46-,47-,48+,49-,50-,51-,52-;/m0./s1. The maximum atomic E-state index is 15.1. The molecule has 2 aliphatic heterocycles. The number of hydrogen-bond acceptors (Lipinski definition) is 19. The zero-order valence-electron chi connectivity index (χ0n) is 67.7. The summed E-state index contributed by atoms with van der Waals surface area (Å²) in [5, 5.41) is 89.3. The van der Waals surface area contributed by atoms with Gasteiger partial charge in [0.15, 0.2) is 5.96 Å². The minimum atomic E-state index is -1.80. The first-order valence-corrected chi connectivity index (χ1v) is 40.2. The van der Waals surface area contributed by atoms with E-state index in [1.54, 1.807) is 123 Å². The summed E-state index contributed by atoms with van der Waals surface area (Å²) in [5.74, 6) is -12.4. The van der Waals surface area contributed by atoms with Crippen molar-refractivity contribution in [2.24, 2.45) is 28.1 Å². The lowest BCUT2D eigenvalue weighted by Crippen LogP contribution is -2.61. The quantitative estimate of drug-likeness (QED) is 0.0151. The number of nitrogens with one attached hydrogen (secondary N) is 12. The molecule has 650 valence electrons. The number of carboxylic acid groups (broad SMARTS) is 2. The third-order valence-corrected chi connectivity index (χ3v) is 21.5. The van der Waals surface area contributed by atoms with E-state index < -0.39 is 150 Å². The number of benzene rings is 7. The highest BCUT2D eigenvalue weighted by Crippen LogP contribution is 2.39. The summed E-state index contributed by atoms with van der Waals surface area (Å²) in [6, 6.07) is 24.6. The Morgan fingerprint density at radius 2 is 1.04 bits per heavy atom. The maximum absolute atomic E-state index is 15.1. The maximum Gasteiger partial charge on any atom is 0.339 e. The van der Waals surface area contributed by atoms with Gasteiger partial charge in [-0.1, -0.05) is 111 Å². The average molecular weight is 1700 g/mol. The number of guanidine groups is 1. The fourth-order valence-electron chi connectivity index (χ4n) is 15.2. The predicted octanol–water partition coefficient (Wildman–Crippen LogP) is 2.10. The number of phenols is 3. The number of imidazole rings is 1. The lowest BCUT2D eigenvalue weighted by molar-refractivity contribution is -0.142. The molecule has 7 aromatic carbocycles. The number of aliphatic hydroxyl groups excluding tert-OH is 1. The summed E-state index contributed by atoms with van der Waals surface area (Å²) in [5.41, 5.74) is 19.9. The topological polar surface area (TPSA) is 605 Å². The number of nitrogens with zero attached hydrogens (tertiary/aromatic N) is 3. The van der Waals surface area contributed by atoms with Crippen LogP contribution >= 0.6 is 0 Å². The number of carbonyl (C=O) groups excluding carboxylic acids is 11. The van der Waals surface area contributed by atoms with Crippen LogP contribution in [0.2, 0.25) is 0 Å². The second kappa shape index (κ2) is 41.4. The van der Waals surface area contributed by atoms with E-state index in [0.29, 0.717) is 83.3 Å². The number of H-pyrrole nitrogens is 3. The first-order chi connectivity index (χ1) is 59.4. The Morgan fingerprint density at radius 3 is 1.53 bits per heavy atom. The Morgan fingerprint density at radius 1 is 0.556 bits per heavy atom. The number of nitrogens with two attached hydrogens (primary N) is 3. The lowest BCUT2D eigenvalue weighted by atomic mass is 9.90. The van der Waals surface area contributed by atoms with Gasteiger partial charge in [-0.3, -0.25) is 57.7 Å². The SMILES string of the molecule is CC(C)C[C@H](NC(=O)[C@@H](Cc1c[nH]c2ccccc12)NC(=O)[C@H](Cc1ccc(O)cc1)NC(=O)[C@H](CO)NC(=O)[C@H](Cc1c[nH]c2ccccc12)NC(=O)[C@H](Cc1cnc[nH]1)NC(=O)[C@@H]1CCC(=O)N1)C(=O)N[C@@H](CCCN=C(N)N)C(=O)N1CCC[C@H]1C(=O)NCC(N)=O.O=C(O)c1cc2ccccc2c(Cc2c(O)c(C(=O)O)cc3ccccc23)c1O. The van der Waals surface area contributed by atoms with E-state index in [4.69, 9.17) is 17.2 Å². The summed E-state index contributed by atoms with van der Waals surface area (Å²) < 4.78 is 0. The van der Waals surface area contributed by atoms with Crippen molar-refractivity contribution >= 4 is 126 Å². The summed E-state index contributed by atoms with van der Waals surface area (Å²) >= 11 is 0. The number of likely N-dealkylation sites (tertiary alicyclic amines) is 1. The Hall–Kier alpha value is -14.9. The van der Waals surface area contributed by atoms with Crippen molar-refractivity contribution in [3.8, 4) is 17.2 Å². The molecule has 3 aromatic heterocycles. The monoisotopic (exact) mass is 1700 g/mol. The van der Waals surface area contributed by atoms with Gasteiger partial charge in [-0.25, -0.2) is 14.6 Å². The first kappa shape index (κ1) is 89.9. The second-order valence-electron chi connectivity index (χ2n) is 30.7. The fourth-order valence-corrected chi connectivity index (χ4v) is 15.2. The largest absolute Gasteiger partial charge is 0.508 e.